The van der Waals surface area contributed by atoms with Gasteiger partial charge < -0.3 is 0 Å². The van der Waals surface area contributed by atoms with Crippen molar-refractivity contribution in [1.82, 2.24) is 4.98 Å². The Morgan fingerprint density at radius 1 is 0.538 bits per heavy atom. The first-order valence-electron chi connectivity index (χ1n) is 12.8. The average molecular weight is 504 g/mol. The molecular weight excluding hydrogens is 482 g/mol. The minimum Gasteiger partial charge on any atom is -0.294 e. The lowest BCUT2D eigenvalue weighted by Crippen LogP contribution is -2.32. The van der Waals surface area contributed by atoms with E-state index in [2.05, 4.69) is 59.6 Å². The van der Waals surface area contributed by atoms with Crippen molar-refractivity contribution in [2.75, 3.05) is 0 Å². The number of rotatable bonds is 0. The van der Waals surface area contributed by atoms with Crippen LogP contribution in [0, 0.1) is 0 Å². The van der Waals surface area contributed by atoms with Crippen LogP contribution >= 0.6 is 0 Å². The molecule has 0 saturated carbocycles. The second kappa shape index (κ2) is 8.96. The summed E-state index contributed by atoms with van der Waals surface area (Å²) in [5, 5.41) is 7.94. The molecule has 5 aromatic carbocycles. The van der Waals surface area contributed by atoms with Gasteiger partial charge in [-0.3, -0.25) is 14.4 Å². The molecule has 4 nitrogen and oxygen atoms in total. The monoisotopic (exact) mass is 503 g/mol. The Labute approximate surface area is 223 Å². The molecule has 0 aliphatic heterocycles. The molecule has 0 unspecified atom stereocenters. The quantitative estimate of drug-likeness (QED) is 0.255. The topological polar surface area (TPSA) is 64.1 Å². The second-order valence-corrected chi connectivity index (χ2v) is 9.75. The number of benzene rings is 5. The molecule has 0 atom stereocenters. The molecule has 1 aromatic heterocycles. The first-order chi connectivity index (χ1) is 19.1. The van der Waals surface area contributed by atoms with Crippen molar-refractivity contribution < 1.29 is 14.4 Å². The van der Waals surface area contributed by atoms with Crippen LogP contribution in [0.4, 0.5) is 0 Å². The van der Waals surface area contributed by atoms with E-state index in [1.54, 1.807) is 54.6 Å². The lowest BCUT2D eigenvalue weighted by Gasteiger charge is -2.16. The summed E-state index contributed by atoms with van der Waals surface area (Å²) in [6.07, 6.45) is 4.09. The van der Waals surface area contributed by atoms with E-state index in [1.807, 2.05) is 6.08 Å². The third-order valence-corrected chi connectivity index (χ3v) is 7.43. The van der Waals surface area contributed by atoms with E-state index in [9.17, 15) is 14.4 Å². The van der Waals surface area contributed by atoms with E-state index in [0.29, 0.717) is 28.7 Å². The number of carbonyl (C=O) groups is 3. The van der Waals surface area contributed by atoms with E-state index >= 15 is 0 Å². The van der Waals surface area contributed by atoms with Crippen LogP contribution in [0.5, 0.6) is 0 Å². The van der Waals surface area contributed by atoms with Crippen molar-refractivity contribution in [3.63, 3.8) is 0 Å². The number of carbonyl (C=O) groups excluding carboxylic acids is 3. The molecule has 0 radical (unpaired) electrons. The van der Waals surface area contributed by atoms with Gasteiger partial charge in [-0.1, -0.05) is 97.1 Å². The van der Waals surface area contributed by atoms with Gasteiger partial charge in [0.15, 0.2) is 17.3 Å². The van der Waals surface area contributed by atoms with Gasteiger partial charge in [0, 0.05) is 40.1 Å². The van der Waals surface area contributed by atoms with Crippen molar-refractivity contribution in [2.24, 2.45) is 0 Å². The zero-order chi connectivity index (χ0) is 26.5. The number of Topliss-reactive ketones (excluding diaryl/α,β-unsaturated/α-hetero) is 1. The van der Waals surface area contributed by atoms with Gasteiger partial charge in [0.2, 0.25) is 0 Å². The lowest BCUT2D eigenvalue weighted by molar-refractivity contribution is -0.112. The fourth-order valence-electron chi connectivity index (χ4n) is 5.52. The Morgan fingerprint density at radius 3 is 1.77 bits per heavy atom. The first kappa shape index (κ1) is 22.9. The fraction of sp³-hybridized carbons (Fsp3) is 0.0286. The molecule has 0 fully saturated rings. The zero-order valence-electron chi connectivity index (χ0n) is 20.8. The Morgan fingerprint density at radius 2 is 1.10 bits per heavy atom. The highest BCUT2D eigenvalue weighted by Gasteiger charge is 2.28. The smallest absolute Gasteiger partial charge is 0.194 e. The van der Waals surface area contributed by atoms with Gasteiger partial charge in [0.1, 0.15) is 0 Å². The second-order valence-electron chi connectivity index (χ2n) is 9.75. The Hall–Kier alpha value is -5.22. The van der Waals surface area contributed by atoms with Gasteiger partial charge in [0.25, 0.3) is 0 Å². The van der Waals surface area contributed by atoms with Crippen LogP contribution in [0.2, 0.25) is 0 Å². The van der Waals surface area contributed by atoms with E-state index < -0.39 is 0 Å². The van der Waals surface area contributed by atoms with Crippen molar-refractivity contribution in [3.8, 4) is 0 Å². The summed E-state index contributed by atoms with van der Waals surface area (Å²) in [4.78, 5) is 40.5. The molecule has 2 aliphatic carbocycles. The summed E-state index contributed by atoms with van der Waals surface area (Å²) >= 11 is 0. The third kappa shape index (κ3) is 3.77. The van der Waals surface area contributed by atoms with Crippen molar-refractivity contribution in [3.05, 3.63) is 136 Å². The number of pyridine rings is 1. The number of fused-ring (bicyclic) bond motifs is 8. The maximum atomic E-state index is 12.1. The van der Waals surface area contributed by atoms with Gasteiger partial charge in [-0.15, -0.1) is 0 Å². The molecule has 184 valence electrons. The molecular formula is C35H21NO3. The Kier molecular flexibility index (Phi) is 5.27. The molecule has 8 rings (SSSR count). The maximum absolute atomic E-state index is 12.1. The minimum absolute atomic E-state index is 0.0641. The summed E-state index contributed by atoms with van der Waals surface area (Å²) in [5.41, 5.74) is 2.96. The van der Waals surface area contributed by atoms with Crippen LogP contribution < -0.4 is 10.6 Å². The van der Waals surface area contributed by atoms with Crippen molar-refractivity contribution in [2.45, 2.75) is 6.42 Å². The van der Waals surface area contributed by atoms with Crippen LogP contribution in [0.3, 0.4) is 0 Å². The molecule has 2 aliphatic rings. The van der Waals surface area contributed by atoms with E-state index in [0.717, 1.165) is 21.5 Å². The van der Waals surface area contributed by atoms with Crippen LogP contribution in [0.25, 0.3) is 44.6 Å². The maximum Gasteiger partial charge on any atom is 0.194 e. The summed E-state index contributed by atoms with van der Waals surface area (Å²) in [6.45, 7) is 0. The van der Waals surface area contributed by atoms with Crippen molar-refractivity contribution in [1.29, 1.82) is 0 Å². The fourth-order valence-corrected chi connectivity index (χ4v) is 5.52. The SMILES string of the molecule is O=C1C=c2nc3ccc4c5ccccc5ccc4c3cc2=CC1.O=C1c2ccccc2C(=O)c2ccccc21. The Balaban J connectivity index is 0.000000139. The van der Waals surface area contributed by atoms with Crippen LogP contribution in [0.1, 0.15) is 38.3 Å². The summed E-state index contributed by atoms with van der Waals surface area (Å²) in [7, 11) is 0. The largest absolute Gasteiger partial charge is 0.294 e. The summed E-state index contributed by atoms with van der Waals surface area (Å²) in [6, 6.07) is 33.0. The van der Waals surface area contributed by atoms with Crippen LogP contribution in [0.15, 0.2) is 103 Å². The molecule has 4 heteroatoms. The molecule has 1 heterocycles. The Bertz CT molecular complexity index is 2050. The highest BCUT2D eigenvalue weighted by atomic mass is 16.1. The highest BCUT2D eigenvalue weighted by molar-refractivity contribution is 6.28. The minimum atomic E-state index is -0.0641. The molecule has 0 N–H and O–H groups in total. The summed E-state index contributed by atoms with van der Waals surface area (Å²) in [5.74, 6) is -0.00673. The van der Waals surface area contributed by atoms with Gasteiger partial charge in [0.05, 0.1) is 10.9 Å². The number of ketones is 3. The molecule has 0 bridgehead atoms. The summed E-state index contributed by atoms with van der Waals surface area (Å²) < 4.78 is 0. The van der Waals surface area contributed by atoms with E-state index in [1.165, 1.54) is 21.5 Å². The van der Waals surface area contributed by atoms with E-state index in [4.69, 9.17) is 0 Å². The number of hydrogen-bond acceptors (Lipinski definition) is 4. The standard InChI is InChI=1S/C21H13NO.C14H8O2/c23-15-7-5-14-11-19-18-8-6-13-3-1-2-4-16(13)17(18)9-10-20(19)22-21(14)12-15;15-13-9-5-1-2-6-10(9)14(16)12-8-4-3-7-11(12)13/h1-6,8-12H,7H2;1-8H. The highest BCUT2D eigenvalue weighted by Crippen LogP contribution is 2.30. The van der Waals surface area contributed by atoms with Gasteiger partial charge in [-0.05, 0) is 38.9 Å². The molecule has 0 spiro atoms. The predicted molar refractivity (Wildman–Crippen MR) is 154 cm³/mol. The van der Waals surface area contributed by atoms with Gasteiger partial charge in [-0.25, -0.2) is 4.98 Å². The molecule has 0 saturated heterocycles. The number of nitrogens with zero attached hydrogens (tertiary/aromatic N) is 1. The van der Waals surface area contributed by atoms with Crippen LogP contribution in [-0.2, 0) is 4.79 Å². The first-order valence-corrected chi connectivity index (χ1v) is 12.8. The molecule has 39 heavy (non-hydrogen) atoms. The van der Waals surface area contributed by atoms with Gasteiger partial charge in [-0.2, -0.15) is 0 Å². The molecule has 6 aromatic rings. The average Bonchev–Trinajstić information content (AvgIpc) is 2.99. The van der Waals surface area contributed by atoms with Crippen molar-refractivity contribution >= 4 is 61.9 Å². The van der Waals surface area contributed by atoms with E-state index in [-0.39, 0.29) is 17.3 Å². The zero-order valence-corrected chi connectivity index (χ0v) is 20.8. The normalized spacial score (nSPS) is 13.6. The lowest BCUT2D eigenvalue weighted by atomic mass is 9.84. The van der Waals surface area contributed by atoms with Gasteiger partial charge >= 0.3 is 0 Å². The van der Waals surface area contributed by atoms with Crippen LogP contribution in [-0.4, -0.2) is 22.3 Å². The molecule has 0 amide bonds. The number of aromatic nitrogens is 1. The number of hydrogen-bond donors (Lipinski definition) is 0. The third-order valence-electron chi connectivity index (χ3n) is 7.43. The predicted octanol–water partition coefficient (Wildman–Crippen LogP) is 5.54.